The topological polar surface area (TPSA) is 78.7 Å². The molecule has 0 aromatic heterocycles. The summed E-state index contributed by atoms with van der Waals surface area (Å²) in [6, 6.07) is 13.0. The lowest BCUT2D eigenvalue weighted by Crippen LogP contribution is -2.07. The summed E-state index contributed by atoms with van der Waals surface area (Å²) in [6.07, 6.45) is 0.126. The fourth-order valence-electron chi connectivity index (χ4n) is 1.61. The Labute approximate surface area is 121 Å². The number of para-hydroxylation sites is 1. The molecule has 0 spiro atoms. The van der Waals surface area contributed by atoms with Crippen molar-refractivity contribution in [1.29, 1.82) is 0 Å². The molecule has 2 aromatic rings. The molecule has 0 N–H and O–H groups in total. The van der Waals surface area contributed by atoms with Crippen molar-refractivity contribution in [3.8, 4) is 17.2 Å². The number of nitro benzene ring substituents is 1. The molecule has 0 aliphatic carbocycles. The number of nitro groups is 1. The highest BCUT2D eigenvalue weighted by Crippen LogP contribution is 2.33. The number of esters is 1. The van der Waals surface area contributed by atoms with Crippen molar-refractivity contribution in [2.45, 2.75) is 13.3 Å². The first-order valence-corrected chi connectivity index (χ1v) is 6.32. The van der Waals surface area contributed by atoms with Crippen molar-refractivity contribution in [1.82, 2.24) is 0 Å². The van der Waals surface area contributed by atoms with Gasteiger partial charge in [-0.15, -0.1) is 0 Å². The Morgan fingerprint density at radius 2 is 1.86 bits per heavy atom. The van der Waals surface area contributed by atoms with E-state index in [0.29, 0.717) is 11.5 Å². The molecule has 0 saturated carbocycles. The highest BCUT2D eigenvalue weighted by molar-refractivity contribution is 5.73. The smallest absolute Gasteiger partial charge is 0.311 e. The lowest BCUT2D eigenvalue weighted by molar-refractivity contribution is -0.385. The molecule has 2 rings (SSSR count). The number of ether oxygens (including phenoxy) is 2. The van der Waals surface area contributed by atoms with Crippen molar-refractivity contribution in [3.05, 3.63) is 58.6 Å². The molecule has 0 aliphatic rings. The fourth-order valence-corrected chi connectivity index (χ4v) is 1.61. The van der Waals surface area contributed by atoms with Crippen LogP contribution in [-0.4, -0.2) is 10.9 Å². The van der Waals surface area contributed by atoms with Crippen LogP contribution in [0.3, 0.4) is 0 Å². The summed E-state index contributed by atoms with van der Waals surface area (Å²) in [5.41, 5.74) is -0.280. The van der Waals surface area contributed by atoms with E-state index in [1.54, 1.807) is 31.2 Å². The predicted molar refractivity (Wildman–Crippen MR) is 75.5 cm³/mol. The van der Waals surface area contributed by atoms with Crippen molar-refractivity contribution >= 4 is 11.7 Å². The number of benzene rings is 2. The van der Waals surface area contributed by atoms with Gasteiger partial charge in [-0.2, -0.15) is 0 Å². The standard InChI is InChI=1S/C15H13NO5/c1-2-15(17)21-14-10-12(8-9-13(14)16(18)19)20-11-6-4-3-5-7-11/h3-10H,2H2,1H3. The quantitative estimate of drug-likeness (QED) is 0.362. The summed E-state index contributed by atoms with van der Waals surface area (Å²) in [5, 5.41) is 10.9. The van der Waals surface area contributed by atoms with Crippen LogP contribution in [-0.2, 0) is 4.79 Å². The summed E-state index contributed by atoms with van der Waals surface area (Å²) in [7, 11) is 0. The molecule has 6 heteroatoms. The zero-order valence-corrected chi connectivity index (χ0v) is 11.3. The summed E-state index contributed by atoms with van der Waals surface area (Å²) >= 11 is 0. The number of hydrogen-bond donors (Lipinski definition) is 0. The number of carbonyl (C=O) groups excluding carboxylic acids is 1. The highest BCUT2D eigenvalue weighted by Gasteiger charge is 2.18. The Bertz CT molecular complexity index is 654. The van der Waals surface area contributed by atoms with Gasteiger partial charge in [0.2, 0.25) is 5.75 Å². The molecule has 6 nitrogen and oxygen atoms in total. The van der Waals surface area contributed by atoms with Gasteiger partial charge in [0.05, 0.1) is 4.92 Å². The fraction of sp³-hybridized carbons (Fsp3) is 0.133. The molecule has 0 aliphatic heterocycles. The first-order chi connectivity index (χ1) is 10.1. The van der Waals surface area contributed by atoms with Gasteiger partial charge in [0.25, 0.3) is 0 Å². The van der Waals surface area contributed by atoms with Gasteiger partial charge >= 0.3 is 11.7 Å². The zero-order chi connectivity index (χ0) is 15.2. The third-order valence-corrected chi connectivity index (χ3v) is 2.62. The molecular formula is C15H13NO5. The second-order valence-electron chi connectivity index (χ2n) is 4.13. The first-order valence-electron chi connectivity index (χ1n) is 6.32. The van der Waals surface area contributed by atoms with E-state index in [-0.39, 0.29) is 17.9 Å². The van der Waals surface area contributed by atoms with Crippen LogP contribution >= 0.6 is 0 Å². The first kappa shape index (κ1) is 14.5. The molecule has 0 atom stereocenters. The molecule has 0 heterocycles. The van der Waals surface area contributed by atoms with Crippen molar-refractivity contribution in [2.75, 3.05) is 0 Å². The van der Waals surface area contributed by atoms with Gasteiger partial charge in [-0.25, -0.2) is 0 Å². The molecule has 0 bridgehead atoms. The van der Waals surface area contributed by atoms with E-state index in [1.807, 2.05) is 6.07 Å². The molecule has 0 amide bonds. The monoisotopic (exact) mass is 287 g/mol. The van der Waals surface area contributed by atoms with Crippen LogP contribution < -0.4 is 9.47 Å². The Morgan fingerprint density at radius 3 is 2.48 bits per heavy atom. The SMILES string of the molecule is CCC(=O)Oc1cc(Oc2ccccc2)ccc1[N+](=O)[O-]. The number of nitrogens with zero attached hydrogens (tertiary/aromatic N) is 1. The van der Waals surface area contributed by atoms with Crippen LogP contribution in [0.1, 0.15) is 13.3 Å². The van der Waals surface area contributed by atoms with Gasteiger partial charge in [-0.05, 0) is 18.2 Å². The average molecular weight is 287 g/mol. The van der Waals surface area contributed by atoms with Gasteiger partial charge in [-0.3, -0.25) is 14.9 Å². The van der Waals surface area contributed by atoms with E-state index in [0.717, 1.165) is 0 Å². The van der Waals surface area contributed by atoms with Crippen LogP contribution in [0, 0.1) is 10.1 Å². The highest BCUT2D eigenvalue weighted by atomic mass is 16.6. The van der Waals surface area contributed by atoms with Gasteiger partial charge in [-0.1, -0.05) is 25.1 Å². The molecule has 0 fully saturated rings. The van der Waals surface area contributed by atoms with Crippen LogP contribution in [0.4, 0.5) is 5.69 Å². The molecule has 21 heavy (non-hydrogen) atoms. The molecule has 108 valence electrons. The van der Waals surface area contributed by atoms with Crippen LogP contribution in [0.25, 0.3) is 0 Å². The van der Waals surface area contributed by atoms with Crippen molar-refractivity contribution < 1.29 is 19.2 Å². The third-order valence-electron chi connectivity index (χ3n) is 2.62. The third kappa shape index (κ3) is 3.79. The Kier molecular flexibility index (Phi) is 4.50. The minimum Gasteiger partial charge on any atom is -0.457 e. The van der Waals surface area contributed by atoms with Crippen LogP contribution in [0.15, 0.2) is 48.5 Å². The van der Waals surface area contributed by atoms with Crippen molar-refractivity contribution in [3.63, 3.8) is 0 Å². The molecule has 2 aromatic carbocycles. The normalized spacial score (nSPS) is 9.95. The van der Waals surface area contributed by atoms with Gasteiger partial charge in [0.1, 0.15) is 11.5 Å². The summed E-state index contributed by atoms with van der Waals surface area (Å²) in [4.78, 5) is 21.7. The van der Waals surface area contributed by atoms with E-state index in [2.05, 4.69) is 0 Å². The van der Waals surface area contributed by atoms with E-state index in [9.17, 15) is 14.9 Å². The number of hydrogen-bond acceptors (Lipinski definition) is 5. The molecule has 0 unspecified atom stereocenters. The van der Waals surface area contributed by atoms with E-state index in [1.165, 1.54) is 18.2 Å². The van der Waals surface area contributed by atoms with Crippen LogP contribution in [0.5, 0.6) is 17.2 Å². The lowest BCUT2D eigenvalue weighted by Gasteiger charge is -2.08. The maximum atomic E-state index is 11.3. The Morgan fingerprint density at radius 1 is 1.14 bits per heavy atom. The van der Waals surface area contributed by atoms with E-state index in [4.69, 9.17) is 9.47 Å². The minimum absolute atomic E-state index is 0.125. The minimum atomic E-state index is -0.607. The van der Waals surface area contributed by atoms with Gasteiger partial charge in [0, 0.05) is 18.6 Å². The predicted octanol–water partition coefficient (Wildman–Crippen LogP) is 3.70. The molecular weight excluding hydrogens is 274 g/mol. The van der Waals surface area contributed by atoms with Crippen molar-refractivity contribution in [2.24, 2.45) is 0 Å². The van der Waals surface area contributed by atoms with Gasteiger partial charge in [0.15, 0.2) is 0 Å². The summed E-state index contributed by atoms with van der Waals surface area (Å²) < 4.78 is 10.5. The molecule has 0 radical (unpaired) electrons. The Hall–Kier alpha value is -2.89. The summed E-state index contributed by atoms with van der Waals surface area (Å²) in [5.74, 6) is 0.264. The second-order valence-corrected chi connectivity index (χ2v) is 4.13. The molecule has 0 saturated heterocycles. The average Bonchev–Trinajstić information content (AvgIpc) is 2.48. The van der Waals surface area contributed by atoms with Gasteiger partial charge < -0.3 is 9.47 Å². The lowest BCUT2D eigenvalue weighted by atomic mass is 10.2. The van der Waals surface area contributed by atoms with Crippen LogP contribution in [0.2, 0.25) is 0 Å². The largest absolute Gasteiger partial charge is 0.457 e. The maximum Gasteiger partial charge on any atom is 0.311 e. The maximum absolute atomic E-state index is 11.3. The second kappa shape index (κ2) is 6.51. The van der Waals surface area contributed by atoms with E-state index >= 15 is 0 Å². The number of carbonyl (C=O) groups is 1. The number of rotatable bonds is 5. The zero-order valence-electron chi connectivity index (χ0n) is 11.3. The van der Waals surface area contributed by atoms with E-state index < -0.39 is 10.9 Å². The summed E-state index contributed by atoms with van der Waals surface area (Å²) in [6.45, 7) is 1.61. The Balaban J connectivity index is 2.30.